The largest absolute Gasteiger partial charge is 0.444 e. The number of carbonyl (C=O) groups excluding carboxylic acids is 2. The highest BCUT2D eigenvalue weighted by Crippen LogP contribution is 2.27. The molecule has 0 spiro atoms. The summed E-state index contributed by atoms with van der Waals surface area (Å²) in [6.07, 6.45) is 3.67. The Morgan fingerprint density at radius 3 is 2.61 bits per heavy atom. The molecule has 3 heterocycles. The topological polar surface area (TPSA) is 113 Å². The third-order valence-corrected chi connectivity index (χ3v) is 6.52. The van der Waals surface area contributed by atoms with E-state index in [1.807, 2.05) is 33.8 Å². The fraction of sp³-hybridized carbons (Fsp3) is 0.407. The van der Waals surface area contributed by atoms with Gasteiger partial charge in [0.1, 0.15) is 11.4 Å². The molecule has 1 fully saturated rings. The van der Waals surface area contributed by atoms with Crippen molar-refractivity contribution >= 4 is 35.1 Å². The number of likely N-dealkylation sites (N-methyl/N-ethyl adjacent to an activating group) is 1. The van der Waals surface area contributed by atoms with Crippen molar-refractivity contribution in [3.63, 3.8) is 0 Å². The Hall–Kier alpha value is -3.63. The van der Waals surface area contributed by atoms with E-state index >= 15 is 0 Å². The number of hydrogen-bond acceptors (Lipinski definition) is 7. The number of carbonyl (C=O) groups is 2. The van der Waals surface area contributed by atoms with Crippen molar-refractivity contribution in [2.75, 3.05) is 30.4 Å². The van der Waals surface area contributed by atoms with Gasteiger partial charge in [0.05, 0.1) is 30.2 Å². The normalized spacial score (nSPS) is 15.4. The number of aliphatic hydroxyl groups is 1. The van der Waals surface area contributed by atoms with E-state index in [1.165, 1.54) is 4.68 Å². The van der Waals surface area contributed by atoms with Crippen LogP contribution in [0.3, 0.4) is 0 Å². The molecule has 3 aromatic rings. The lowest BCUT2D eigenvalue weighted by molar-refractivity contribution is 0.0237. The average Bonchev–Trinajstić information content (AvgIpc) is 3.51. The Morgan fingerprint density at radius 1 is 1.26 bits per heavy atom. The number of pyridine rings is 1. The van der Waals surface area contributed by atoms with E-state index in [0.29, 0.717) is 28.5 Å². The maximum atomic E-state index is 13.0. The van der Waals surface area contributed by atoms with Crippen molar-refractivity contribution in [3.8, 4) is 5.69 Å². The number of benzene rings is 1. The van der Waals surface area contributed by atoms with Crippen LogP contribution in [0.15, 0.2) is 42.7 Å². The van der Waals surface area contributed by atoms with E-state index in [4.69, 9.17) is 16.3 Å². The second kappa shape index (κ2) is 11.0. The second-order valence-electron chi connectivity index (χ2n) is 10.4. The first-order valence-electron chi connectivity index (χ1n) is 12.4. The predicted octanol–water partition coefficient (Wildman–Crippen LogP) is 4.42. The lowest BCUT2D eigenvalue weighted by atomic mass is 10.2. The number of aliphatic hydroxyl groups excluding tert-OH is 1. The predicted molar refractivity (Wildman–Crippen MR) is 146 cm³/mol. The monoisotopic (exact) mass is 540 g/mol. The third kappa shape index (κ3) is 6.25. The zero-order chi connectivity index (χ0) is 27.6. The number of rotatable bonds is 6. The van der Waals surface area contributed by atoms with E-state index in [9.17, 15) is 14.7 Å². The molecular formula is C27H33ClN6O4. The van der Waals surface area contributed by atoms with Gasteiger partial charge in [-0.25, -0.2) is 14.5 Å². The van der Waals surface area contributed by atoms with Gasteiger partial charge in [-0.1, -0.05) is 11.6 Å². The molecule has 1 atom stereocenters. The molecule has 1 saturated heterocycles. The summed E-state index contributed by atoms with van der Waals surface area (Å²) in [5.74, 6) is 0.349. The first kappa shape index (κ1) is 27.4. The van der Waals surface area contributed by atoms with Gasteiger partial charge < -0.3 is 25.0 Å². The highest BCUT2D eigenvalue weighted by Gasteiger charge is 2.32. The molecule has 2 N–H and O–H groups in total. The number of aromatic nitrogens is 3. The van der Waals surface area contributed by atoms with Crippen molar-refractivity contribution in [2.24, 2.45) is 0 Å². The quantitative estimate of drug-likeness (QED) is 0.476. The number of amides is 2. The van der Waals surface area contributed by atoms with Crippen molar-refractivity contribution in [1.29, 1.82) is 0 Å². The van der Waals surface area contributed by atoms with Gasteiger partial charge in [-0.3, -0.25) is 4.79 Å². The number of ether oxygens (including phenoxy) is 1. The minimum absolute atomic E-state index is 0.0121. The van der Waals surface area contributed by atoms with Crippen LogP contribution in [0.5, 0.6) is 0 Å². The maximum Gasteiger partial charge on any atom is 0.410 e. The molecule has 0 saturated carbocycles. The highest BCUT2D eigenvalue weighted by molar-refractivity contribution is 6.30. The van der Waals surface area contributed by atoms with E-state index < -0.39 is 11.5 Å². The average molecular weight is 541 g/mol. The molecule has 4 rings (SSSR count). The van der Waals surface area contributed by atoms with Crippen molar-refractivity contribution < 1.29 is 19.4 Å². The Bertz CT molecular complexity index is 1320. The minimum atomic E-state index is -0.548. The maximum absolute atomic E-state index is 13.0. The second-order valence-corrected chi connectivity index (χ2v) is 10.8. The minimum Gasteiger partial charge on any atom is -0.444 e. The van der Waals surface area contributed by atoms with Crippen molar-refractivity contribution in [1.82, 2.24) is 19.7 Å². The number of aryl methyl sites for hydroxylation is 1. The van der Waals surface area contributed by atoms with Gasteiger partial charge in [-0.15, -0.1) is 0 Å². The van der Waals surface area contributed by atoms with Crippen LogP contribution in [0, 0.1) is 6.92 Å². The molecule has 1 aliphatic heterocycles. The molecule has 0 bridgehead atoms. The molecule has 202 valence electrons. The fourth-order valence-corrected chi connectivity index (χ4v) is 4.46. The molecule has 11 heteroatoms. The summed E-state index contributed by atoms with van der Waals surface area (Å²) >= 11 is 5.96. The summed E-state index contributed by atoms with van der Waals surface area (Å²) in [7, 11) is 1.76. The fourth-order valence-electron chi connectivity index (χ4n) is 4.33. The van der Waals surface area contributed by atoms with Gasteiger partial charge in [0.15, 0.2) is 5.69 Å². The lowest BCUT2D eigenvalue weighted by Gasteiger charge is -2.29. The van der Waals surface area contributed by atoms with Crippen LogP contribution in [-0.4, -0.2) is 68.6 Å². The summed E-state index contributed by atoms with van der Waals surface area (Å²) in [6.45, 7) is 8.53. The molecule has 0 unspecified atom stereocenters. The zero-order valence-electron chi connectivity index (χ0n) is 22.2. The molecule has 10 nitrogen and oxygen atoms in total. The summed E-state index contributed by atoms with van der Waals surface area (Å²) in [6, 6.07) is 8.87. The number of halogens is 1. The van der Waals surface area contributed by atoms with Gasteiger partial charge in [0, 0.05) is 36.9 Å². The number of anilines is 2. The molecule has 1 aromatic carbocycles. The van der Waals surface area contributed by atoms with Gasteiger partial charge in [-0.2, -0.15) is 5.10 Å². The first-order chi connectivity index (χ1) is 17.9. The third-order valence-electron chi connectivity index (χ3n) is 6.27. The molecule has 0 radical (unpaired) electrons. The standard InChI is InChI=1S/C27H33ClN6O4/c1-17-12-20(13-29-24(17)33-11-10-22(15-33)32(5)26(37)38-27(2,3)4)30-25(36)23-18(16-35)14-34(31-23)21-8-6-19(28)7-9-21/h6-9,12-14,22,35H,10-11,15-16H2,1-5H3,(H,30,36)/t22-/m0/s1. The number of hydrogen-bond donors (Lipinski definition) is 2. The molecular weight excluding hydrogens is 508 g/mol. The molecule has 38 heavy (non-hydrogen) atoms. The Kier molecular flexibility index (Phi) is 7.94. The van der Waals surface area contributed by atoms with Crippen LogP contribution in [0.4, 0.5) is 16.3 Å². The molecule has 1 aliphatic rings. The number of nitrogens with zero attached hydrogens (tertiary/aromatic N) is 5. The summed E-state index contributed by atoms with van der Waals surface area (Å²) in [4.78, 5) is 33.9. The van der Waals surface area contributed by atoms with Crippen LogP contribution in [-0.2, 0) is 11.3 Å². The Morgan fingerprint density at radius 2 is 1.97 bits per heavy atom. The molecule has 2 aromatic heterocycles. The summed E-state index contributed by atoms with van der Waals surface area (Å²) in [5.41, 5.74) is 2.09. The number of nitrogens with one attached hydrogen (secondary N) is 1. The van der Waals surface area contributed by atoms with Crippen LogP contribution >= 0.6 is 11.6 Å². The van der Waals surface area contributed by atoms with E-state index in [-0.39, 0.29) is 24.4 Å². The van der Waals surface area contributed by atoms with Gasteiger partial charge in [0.2, 0.25) is 0 Å². The van der Waals surface area contributed by atoms with E-state index in [1.54, 1.807) is 48.6 Å². The van der Waals surface area contributed by atoms with Crippen LogP contribution in [0.2, 0.25) is 5.02 Å². The van der Waals surface area contributed by atoms with E-state index in [0.717, 1.165) is 24.3 Å². The van der Waals surface area contributed by atoms with Gasteiger partial charge in [0.25, 0.3) is 5.91 Å². The van der Waals surface area contributed by atoms with Crippen LogP contribution in [0.25, 0.3) is 5.69 Å². The van der Waals surface area contributed by atoms with Crippen LogP contribution in [0.1, 0.15) is 48.8 Å². The summed E-state index contributed by atoms with van der Waals surface area (Å²) in [5, 5.41) is 17.6. The first-order valence-corrected chi connectivity index (χ1v) is 12.8. The SMILES string of the molecule is Cc1cc(NC(=O)c2nn(-c3ccc(Cl)cc3)cc2CO)cnc1N1CC[C@H](N(C)C(=O)OC(C)(C)C)C1. The highest BCUT2D eigenvalue weighted by atomic mass is 35.5. The molecule has 2 amide bonds. The zero-order valence-corrected chi connectivity index (χ0v) is 23.0. The Labute approximate surface area is 227 Å². The van der Waals surface area contributed by atoms with Crippen molar-refractivity contribution in [3.05, 3.63) is 64.6 Å². The lowest BCUT2D eigenvalue weighted by Crippen LogP contribution is -2.42. The van der Waals surface area contributed by atoms with Gasteiger partial charge >= 0.3 is 6.09 Å². The smallest absolute Gasteiger partial charge is 0.410 e. The van der Waals surface area contributed by atoms with Crippen molar-refractivity contribution in [2.45, 2.75) is 52.4 Å². The Balaban J connectivity index is 1.43. The molecule has 0 aliphatic carbocycles. The van der Waals surface area contributed by atoms with Gasteiger partial charge in [-0.05, 0) is 70.0 Å². The van der Waals surface area contributed by atoms with Crippen LogP contribution < -0.4 is 10.2 Å². The van der Waals surface area contributed by atoms with E-state index in [2.05, 4.69) is 20.3 Å². The summed E-state index contributed by atoms with van der Waals surface area (Å²) < 4.78 is 7.03.